The van der Waals surface area contributed by atoms with Gasteiger partial charge in [0.15, 0.2) is 0 Å². The van der Waals surface area contributed by atoms with Crippen molar-refractivity contribution in [2.75, 3.05) is 13.1 Å². The zero-order valence-corrected chi connectivity index (χ0v) is 12.9. The van der Waals surface area contributed by atoms with Crippen LogP contribution in [0.2, 0.25) is 0 Å². The number of rotatable bonds is 7. The third-order valence-corrected chi connectivity index (χ3v) is 4.06. The summed E-state index contributed by atoms with van der Waals surface area (Å²) in [6, 6.07) is 7.98. The number of sulfonamides is 1. The lowest BCUT2D eigenvalue weighted by molar-refractivity contribution is -0.120. The fraction of sp³-hybridized carbons (Fsp3) is 0.429. The Morgan fingerprint density at radius 2 is 1.90 bits per heavy atom. The summed E-state index contributed by atoms with van der Waals surface area (Å²) in [5.74, 6) is -0.0633. The van der Waals surface area contributed by atoms with Gasteiger partial charge in [-0.15, -0.1) is 0 Å². The molecule has 114 valence electrons. The molecular weight excluding hydrogens is 290 g/mol. The quantitative estimate of drug-likeness (QED) is 0.778. The number of amides is 1. The summed E-state index contributed by atoms with van der Waals surface area (Å²) in [6.07, 6.45) is 0.228. The van der Waals surface area contributed by atoms with Gasteiger partial charge in [0, 0.05) is 6.54 Å². The van der Waals surface area contributed by atoms with E-state index in [1.807, 2.05) is 19.9 Å². The van der Waals surface area contributed by atoms with Gasteiger partial charge in [-0.3, -0.25) is 4.79 Å². The highest BCUT2D eigenvalue weighted by Crippen LogP contribution is 2.10. The summed E-state index contributed by atoms with van der Waals surface area (Å²) in [6.45, 7) is 4.11. The molecule has 0 saturated heterocycles. The molecule has 1 aromatic carbocycles. The van der Waals surface area contributed by atoms with E-state index < -0.39 is 10.0 Å². The second kappa shape index (κ2) is 7.76. The lowest BCUT2D eigenvalue weighted by Gasteiger charge is -2.09. The van der Waals surface area contributed by atoms with E-state index in [4.69, 9.17) is 5.26 Å². The molecule has 6 nitrogen and oxygen atoms in total. The number of hydrogen-bond donors (Lipinski definition) is 2. The molecule has 7 heteroatoms. The topological polar surface area (TPSA) is 99.1 Å². The maximum absolute atomic E-state index is 12.0. The van der Waals surface area contributed by atoms with Crippen LogP contribution < -0.4 is 10.0 Å². The minimum absolute atomic E-state index is 0.0702. The van der Waals surface area contributed by atoms with Crippen LogP contribution in [-0.4, -0.2) is 27.4 Å². The van der Waals surface area contributed by atoms with Gasteiger partial charge in [0.25, 0.3) is 0 Å². The number of nitrogens with one attached hydrogen (secondary N) is 2. The third-order valence-electron chi connectivity index (χ3n) is 2.65. The monoisotopic (exact) mass is 309 g/mol. The molecule has 0 heterocycles. The van der Waals surface area contributed by atoms with Crippen molar-refractivity contribution in [2.45, 2.75) is 25.2 Å². The van der Waals surface area contributed by atoms with Crippen molar-refractivity contribution in [3.05, 3.63) is 29.8 Å². The number of nitriles is 1. The minimum Gasteiger partial charge on any atom is -0.355 e. The molecule has 0 radical (unpaired) electrons. The Hall–Kier alpha value is -1.91. The van der Waals surface area contributed by atoms with Crippen LogP contribution in [-0.2, 0) is 21.2 Å². The average molecular weight is 309 g/mol. The van der Waals surface area contributed by atoms with Gasteiger partial charge < -0.3 is 5.32 Å². The van der Waals surface area contributed by atoms with Gasteiger partial charge in [-0.05, 0) is 23.6 Å². The van der Waals surface area contributed by atoms with Crippen molar-refractivity contribution in [2.24, 2.45) is 5.92 Å². The summed E-state index contributed by atoms with van der Waals surface area (Å²) in [4.78, 5) is 11.6. The number of carbonyl (C=O) groups is 1. The van der Waals surface area contributed by atoms with Crippen LogP contribution in [0.5, 0.6) is 0 Å². The Labute approximate surface area is 125 Å². The number of nitrogens with zero attached hydrogens (tertiary/aromatic N) is 1. The highest BCUT2D eigenvalue weighted by atomic mass is 32.2. The highest BCUT2D eigenvalue weighted by Gasteiger charge is 2.15. The maximum atomic E-state index is 12.0. The Morgan fingerprint density at radius 3 is 2.43 bits per heavy atom. The number of hydrogen-bond acceptors (Lipinski definition) is 4. The summed E-state index contributed by atoms with van der Waals surface area (Å²) in [7, 11) is -3.72. The fourth-order valence-electron chi connectivity index (χ4n) is 1.50. The lowest BCUT2D eigenvalue weighted by Crippen LogP contribution is -2.38. The normalized spacial score (nSPS) is 11.1. The van der Waals surface area contributed by atoms with Crippen molar-refractivity contribution >= 4 is 15.9 Å². The van der Waals surface area contributed by atoms with Crippen molar-refractivity contribution in [3.8, 4) is 6.07 Å². The third kappa shape index (κ3) is 5.94. The van der Waals surface area contributed by atoms with E-state index in [1.165, 1.54) is 12.1 Å². The second-order valence-electron chi connectivity index (χ2n) is 5.00. The van der Waals surface area contributed by atoms with Crippen LogP contribution in [0.25, 0.3) is 0 Å². The van der Waals surface area contributed by atoms with Crippen molar-refractivity contribution in [1.29, 1.82) is 5.26 Å². The average Bonchev–Trinajstić information content (AvgIpc) is 2.44. The Kier molecular flexibility index (Phi) is 6.34. The van der Waals surface area contributed by atoms with E-state index in [1.54, 1.807) is 12.1 Å². The minimum atomic E-state index is -3.72. The molecule has 0 atom stereocenters. The molecular formula is C14H19N3O3S. The predicted octanol–water partition coefficient (Wildman–Crippen LogP) is 0.803. The molecule has 2 N–H and O–H groups in total. The molecule has 0 aliphatic carbocycles. The molecule has 0 unspecified atom stereocenters. The van der Waals surface area contributed by atoms with Gasteiger partial charge in [-0.25, -0.2) is 13.1 Å². The van der Waals surface area contributed by atoms with Gasteiger partial charge in [0.1, 0.15) is 0 Å². The van der Waals surface area contributed by atoms with E-state index in [-0.39, 0.29) is 23.8 Å². The van der Waals surface area contributed by atoms with Crippen LogP contribution in [0.4, 0.5) is 0 Å². The molecule has 0 bridgehead atoms. The zero-order chi connectivity index (χ0) is 15.9. The first kappa shape index (κ1) is 17.1. The summed E-state index contributed by atoms with van der Waals surface area (Å²) in [5, 5.41) is 11.2. The molecule has 0 aromatic heterocycles. The number of carbonyl (C=O) groups excluding carboxylic acids is 1. The van der Waals surface area contributed by atoms with Crippen LogP contribution in [0.3, 0.4) is 0 Å². The Balaban J connectivity index is 2.61. The lowest BCUT2D eigenvalue weighted by atomic mass is 10.2. The molecule has 0 fully saturated rings. The molecule has 1 rings (SSSR count). The summed E-state index contributed by atoms with van der Waals surface area (Å²) < 4.78 is 26.2. The van der Waals surface area contributed by atoms with Gasteiger partial charge in [0.2, 0.25) is 15.9 Å². The van der Waals surface area contributed by atoms with Crippen LogP contribution in [0.1, 0.15) is 19.4 Å². The van der Waals surface area contributed by atoms with E-state index in [0.29, 0.717) is 12.5 Å². The first-order valence-corrected chi connectivity index (χ1v) is 8.05. The molecule has 0 aliphatic rings. The fourth-order valence-corrected chi connectivity index (χ4v) is 2.48. The smallest absolute Gasteiger partial charge is 0.241 e. The van der Waals surface area contributed by atoms with Crippen molar-refractivity contribution in [1.82, 2.24) is 10.0 Å². The van der Waals surface area contributed by atoms with E-state index >= 15 is 0 Å². The Bertz CT molecular complexity index is 616. The van der Waals surface area contributed by atoms with E-state index in [2.05, 4.69) is 10.0 Å². The first-order chi connectivity index (χ1) is 9.85. The first-order valence-electron chi connectivity index (χ1n) is 6.57. The Morgan fingerprint density at radius 1 is 1.29 bits per heavy atom. The van der Waals surface area contributed by atoms with Crippen LogP contribution >= 0.6 is 0 Å². The highest BCUT2D eigenvalue weighted by molar-refractivity contribution is 7.89. The van der Waals surface area contributed by atoms with E-state index in [0.717, 1.165) is 5.56 Å². The van der Waals surface area contributed by atoms with Crippen molar-refractivity contribution < 1.29 is 13.2 Å². The van der Waals surface area contributed by atoms with Gasteiger partial charge >= 0.3 is 0 Å². The van der Waals surface area contributed by atoms with Gasteiger partial charge in [-0.2, -0.15) is 5.26 Å². The SMILES string of the molecule is CC(C)CNC(=O)CNS(=O)(=O)c1ccc(CC#N)cc1. The molecule has 0 spiro atoms. The standard InChI is InChI=1S/C14H19N3O3S/c1-11(2)9-16-14(18)10-17-21(19,20)13-5-3-12(4-6-13)7-8-15/h3-6,11,17H,7,9-10H2,1-2H3,(H,16,18). The second-order valence-corrected chi connectivity index (χ2v) is 6.77. The van der Waals surface area contributed by atoms with Gasteiger partial charge in [0.05, 0.1) is 23.9 Å². The zero-order valence-electron chi connectivity index (χ0n) is 12.1. The van der Waals surface area contributed by atoms with E-state index in [9.17, 15) is 13.2 Å². The largest absolute Gasteiger partial charge is 0.355 e. The van der Waals surface area contributed by atoms with Crippen molar-refractivity contribution in [3.63, 3.8) is 0 Å². The molecule has 0 aliphatic heterocycles. The van der Waals surface area contributed by atoms with Crippen LogP contribution in [0, 0.1) is 17.2 Å². The maximum Gasteiger partial charge on any atom is 0.241 e. The summed E-state index contributed by atoms with van der Waals surface area (Å²) >= 11 is 0. The summed E-state index contributed by atoms with van der Waals surface area (Å²) in [5.41, 5.74) is 0.742. The molecule has 0 saturated carbocycles. The van der Waals surface area contributed by atoms with Gasteiger partial charge in [-0.1, -0.05) is 26.0 Å². The predicted molar refractivity (Wildman–Crippen MR) is 78.8 cm³/mol. The number of benzene rings is 1. The molecule has 1 aromatic rings. The molecule has 1 amide bonds. The van der Waals surface area contributed by atoms with Crippen LogP contribution in [0.15, 0.2) is 29.2 Å². The molecule has 21 heavy (non-hydrogen) atoms.